The van der Waals surface area contributed by atoms with Crippen LogP contribution < -0.4 is 0 Å². The molecule has 0 bridgehead atoms. The van der Waals surface area contributed by atoms with Crippen LogP contribution in [0.25, 0.3) is 0 Å². The third-order valence-electron chi connectivity index (χ3n) is 3.59. The Balaban J connectivity index is 3.41. The van der Waals surface area contributed by atoms with Gasteiger partial charge in [-0.2, -0.15) is 11.8 Å². The number of methoxy groups -OCH3 is 1. The molecule has 0 aromatic carbocycles. The van der Waals surface area contributed by atoms with Gasteiger partial charge in [0.15, 0.2) is 0 Å². The fourth-order valence-corrected chi connectivity index (χ4v) is 2.98. The van der Waals surface area contributed by atoms with E-state index in [-0.39, 0.29) is 5.97 Å². The first kappa shape index (κ1) is 17.2. The average molecular weight is 319 g/mol. The molecule has 0 unspecified atom stereocenters. The van der Waals surface area contributed by atoms with Crippen molar-refractivity contribution in [3.05, 3.63) is 0 Å². The molecule has 0 aliphatic carbocycles. The van der Waals surface area contributed by atoms with E-state index in [1.807, 2.05) is 0 Å². The van der Waals surface area contributed by atoms with Crippen molar-refractivity contribution in [3.8, 4) is 0 Å². The highest BCUT2D eigenvalue weighted by Gasteiger charge is 1.99. The van der Waals surface area contributed by atoms with Gasteiger partial charge in [-0.15, -0.1) is 0 Å². The lowest BCUT2D eigenvalue weighted by Gasteiger charge is -2.03. The number of rotatable bonds is 16. The van der Waals surface area contributed by atoms with Crippen LogP contribution in [0.1, 0.15) is 93.1 Å². The lowest BCUT2D eigenvalue weighted by atomic mass is 10.1. The minimum absolute atomic E-state index is 0.173. The Hall–Kier alpha value is -0.180. The number of hydrogen-bond donors (Lipinski definition) is 0. The van der Waals surface area contributed by atoms with E-state index in [1.165, 1.54) is 63.8 Å². The van der Waals surface area contributed by atoms with Gasteiger partial charge in [-0.25, -0.2) is 0 Å². The molecule has 0 aliphatic heterocycles. The van der Waals surface area contributed by atoms with E-state index in [2.05, 4.69) is 11.7 Å². The van der Waals surface area contributed by atoms with E-state index in [1.54, 1.807) is 0 Å². The topological polar surface area (TPSA) is 26.3 Å². The molecule has 0 heterocycles. The third kappa shape index (κ3) is 17.8. The van der Waals surface area contributed by atoms with E-state index in [0.29, 0.717) is 12.8 Å². The van der Waals surface area contributed by atoms with Crippen LogP contribution in [0.5, 0.6) is 0 Å². The van der Waals surface area contributed by atoms with E-state index in [0.717, 1.165) is 31.4 Å². The van der Waals surface area contributed by atoms with Crippen molar-refractivity contribution in [3.63, 3.8) is 0 Å². The predicted octanol–water partition coefficient (Wildman–Crippen LogP) is 5.98. The number of hydrogen-bond acceptors (Lipinski definition) is 3. The maximum absolute atomic E-state index is 11.0. The molecule has 21 heavy (non-hydrogen) atoms. The number of esters is 1. The lowest BCUT2D eigenvalue weighted by Crippen LogP contribution is -1.99. The maximum Gasteiger partial charge on any atom is 0.305 e. The third-order valence-corrected chi connectivity index (χ3v) is 4.49. The SMILES string of the molecule is [2H]C([2H])(CCCCCCCCCCC)SCCCCC(=O)OC. The van der Waals surface area contributed by atoms with Crippen LogP contribution >= 0.6 is 11.8 Å². The molecular formula is C18H36O2S. The molecule has 0 rings (SSSR count). The molecule has 0 atom stereocenters. The van der Waals surface area contributed by atoms with Gasteiger partial charge >= 0.3 is 5.97 Å². The van der Waals surface area contributed by atoms with Gasteiger partial charge in [-0.3, -0.25) is 4.79 Å². The first-order valence-electron chi connectivity index (χ1n) is 9.72. The average Bonchev–Trinajstić information content (AvgIpc) is 2.52. The summed E-state index contributed by atoms with van der Waals surface area (Å²) in [4.78, 5) is 11.0. The summed E-state index contributed by atoms with van der Waals surface area (Å²) in [6.45, 7) is 2.24. The van der Waals surface area contributed by atoms with Gasteiger partial charge in [0.1, 0.15) is 0 Å². The number of carbonyl (C=O) groups excluding carboxylic acids is 1. The highest BCUT2D eigenvalue weighted by molar-refractivity contribution is 7.99. The zero-order valence-corrected chi connectivity index (χ0v) is 14.9. The van der Waals surface area contributed by atoms with Crippen molar-refractivity contribution in [2.75, 3.05) is 18.6 Å². The monoisotopic (exact) mass is 318 g/mol. The van der Waals surface area contributed by atoms with Crippen molar-refractivity contribution in [2.45, 2.75) is 90.4 Å². The molecule has 0 saturated heterocycles. The summed E-state index contributed by atoms with van der Waals surface area (Å²) >= 11 is 1.40. The number of thioether (sulfide) groups is 1. The highest BCUT2D eigenvalue weighted by Crippen LogP contribution is 2.13. The number of carbonyl (C=O) groups is 1. The Labute approximate surface area is 139 Å². The summed E-state index contributed by atoms with van der Waals surface area (Å²) in [7, 11) is 1.40. The van der Waals surface area contributed by atoms with Gasteiger partial charge < -0.3 is 4.74 Å². The summed E-state index contributed by atoms with van der Waals surface area (Å²) < 4.78 is 20.6. The molecule has 0 N–H and O–H groups in total. The Morgan fingerprint density at radius 3 is 2.05 bits per heavy atom. The molecule has 0 saturated carbocycles. The van der Waals surface area contributed by atoms with Crippen molar-refractivity contribution >= 4 is 17.7 Å². The summed E-state index contributed by atoms with van der Waals surface area (Å²) in [6, 6.07) is 0. The Morgan fingerprint density at radius 2 is 1.48 bits per heavy atom. The minimum atomic E-state index is -1.12. The molecule has 0 aromatic heterocycles. The fourth-order valence-electron chi connectivity index (χ4n) is 2.20. The molecule has 3 heteroatoms. The molecule has 0 amide bonds. The molecule has 2 nitrogen and oxygen atoms in total. The summed E-state index contributed by atoms with van der Waals surface area (Å²) in [5.74, 6) is 0.606. The zero-order valence-electron chi connectivity index (χ0n) is 16.1. The van der Waals surface area contributed by atoms with Crippen LogP contribution in [0.4, 0.5) is 0 Å². The highest BCUT2D eigenvalue weighted by atomic mass is 32.2. The Morgan fingerprint density at radius 1 is 0.905 bits per heavy atom. The second-order valence-electron chi connectivity index (χ2n) is 5.60. The molecule has 0 fully saturated rings. The fraction of sp³-hybridized carbons (Fsp3) is 0.944. The van der Waals surface area contributed by atoms with E-state index < -0.39 is 5.70 Å². The van der Waals surface area contributed by atoms with Crippen LogP contribution in [0.2, 0.25) is 0 Å². The largest absolute Gasteiger partial charge is 0.469 e. The molecule has 0 spiro atoms. The normalized spacial score (nSPS) is 12.9. The molecule has 0 aromatic rings. The second kappa shape index (κ2) is 17.9. The van der Waals surface area contributed by atoms with Gasteiger partial charge in [0, 0.05) is 9.16 Å². The maximum atomic E-state index is 11.0. The summed E-state index contributed by atoms with van der Waals surface area (Å²) in [5, 5.41) is 0. The molecule has 126 valence electrons. The van der Waals surface area contributed by atoms with Crippen LogP contribution in [-0.4, -0.2) is 24.5 Å². The Bertz CT molecular complexity index is 286. The quantitative estimate of drug-likeness (QED) is 0.258. The van der Waals surface area contributed by atoms with Gasteiger partial charge in [0.2, 0.25) is 0 Å². The van der Waals surface area contributed by atoms with Crippen LogP contribution in [0, 0.1) is 0 Å². The smallest absolute Gasteiger partial charge is 0.305 e. The summed E-state index contributed by atoms with van der Waals surface area (Å²) in [6.07, 6.45) is 14.1. The van der Waals surface area contributed by atoms with E-state index in [4.69, 9.17) is 2.74 Å². The van der Waals surface area contributed by atoms with E-state index in [9.17, 15) is 4.79 Å². The molecule has 0 aliphatic rings. The number of unbranched alkanes of at least 4 members (excludes halogenated alkanes) is 9. The van der Waals surface area contributed by atoms with Gasteiger partial charge in [-0.05, 0) is 30.7 Å². The van der Waals surface area contributed by atoms with Crippen LogP contribution in [-0.2, 0) is 9.53 Å². The van der Waals surface area contributed by atoms with Gasteiger partial charge in [-0.1, -0.05) is 64.7 Å². The second-order valence-corrected chi connectivity index (χ2v) is 6.59. The summed E-state index contributed by atoms with van der Waals surface area (Å²) in [5.41, 5.74) is -1.12. The van der Waals surface area contributed by atoms with E-state index >= 15 is 0 Å². The minimum Gasteiger partial charge on any atom is -0.469 e. The zero-order chi connectivity index (χ0) is 17.4. The first-order chi connectivity index (χ1) is 11.0. The Kier molecular flexibility index (Phi) is 14.6. The number of ether oxygens (including phenoxy) is 1. The van der Waals surface area contributed by atoms with Crippen molar-refractivity contribution in [2.24, 2.45) is 0 Å². The van der Waals surface area contributed by atoms with Gasteiger partial charge in [0.25, 0.3) is 0 Å². The van der Waals surface area contributed by atoms with Gasteiger partial charge in [0.05, 0.1) is 7.11 Å². The first-order valence-corrected chi connectivity index (χ1v) is 9.71. The van der Waals surface area contributed by atoms with Crippen molar-refractivity contribution < 1.29 is 12.3 Å². The van der Waals surface area contributed by atoms with Crippen molar-refractivity contribution in [1.82, 2.24) is 0 Å². The molecule has 0 radical (unpaired) electrons. The lowest BCUT2D eigenvalue weighted by molar-refractivity contribution is -0.140. The van der Waals surface area contributed by atoms with Crippen LogP contribution in [0.3, 0.4) is 0 Å². The predicted molar refractivity (Wildman–Crippen MR) is 95.0 cm³/mol. The molecular weight excluding hydrogens is 280 g/mol. The standard InChI is InChI=1S/C18H36O2S/c1-3-4-5-6-7-8-9-10-11-13-16-21-17-14-12-15-18(19)20-2/h3-17H2,1-2H3/i16D2. The van der Waals surface area contributed by atoms with Crippen LogP contribution in [0.15, 0.2) is 0 Å². The van der Waals surface area contributed by atoms with Crippen molar-refractivity contribution in [1.29, 1.82) is 0 Å².